The van der Waals surface area contributed by atoms with Gasteiger partial charge in [0.05, 0.1) is 0 Å². The summed E-state index contributed by atoms with van der Waals surface area (Å²) < 4.78 is 0. The van der Waals surface area contributed by atoms with E-state index >= 15 is 0 Å². The molecule has 0 spiro atoms. The number of hydrogen-bond donors (Lipinski definition) is 1. The number of hydrogen-bond acceptors (Lipinski definition) is 1. The molecule has 0 saturated heterocycles. The first-order valence-electron chi connectivity index (χ1n) is 5.53. The Hall–Kier alpha value is -1.83. The first-order chi connectivity index (χ1) is 7.77. The lowest BCUT2D eigenvalue weighted by molar-refractivity contribution is -0.114. The molecule has 0 aromatic heterocycles. The minimum absolute atomic E-state index is 0.0404. The Bertz CT molecular complexity index is 472. The SMILES string of the molecule is CC.CC(=O)Nc1cccc2ccccc12. The standard InChI is InChI=1S/C12H11NO.C2H6/c1-9(14)13-12-8-4-6-10-5-2-3-7-11(10)12;1-2/h2-8H,1H3,(H,13,14);1-2H3. The predicted molar refractivity (Wildman–Crippen MR) is 69.6 cm³/mol. The zero-order valence-electron chi connectivity index (χ0n) is 9.95. The number of fused-ring (bicyclic) bond motifs is 1. The van der Waals surface area contributed by atoms with Crippen LogP contribution in [-0.4, -0.2) is 5.91 Å². The van der Waals surface area contributed by atoms with Crippen LogP contribution in [0, 0.1) is 0 Å². The highest BCUT2D eigenvalue weighted by Crippen LogP contribution is 2.22. The molecule has 2 aromatic rings. The fourth-order valence-electron chi connectivity index (χ4n) is 1.52. The second-order valence-electron chi connectivity index (χ2n) is 3.21. The van der Waals surface area contributed by atoms with Crippen LogP contribution in [0.2, 0.25) is 0 Å². The van der Waals surface area contributed by atoms with Gasteiger partial charge in [-0.2, -0.15) is 0 Å². The lowest BCUT2D eigenvalue weighted by atomic mass is 10.1. The number of carbonyl (C=O) groups excluding carboxylic acids is 1. The van der Waals surface area contributed by atoms with E-state index in [0.29, 0.717) is 0 Å². The van der Waals surface area contributed by atoms with Gasteiger partial charge in [-0.15, -0.1) is 0 Å². The van der Waals surface area contributed by atoms with Crippen LogP contribution >= 0.6 is 0 Å². The molecule has 0 unspecified atom stereocenters. The van der Waals surface area contributed by atoms with Crippen LogP contribution in [0.1, 0.15) is 20.8 Å². The van der Waals surface area contributed by atoms with E-state index in [-0.39, 0.29) is 5.91 Å². The molecular weight excluding hydrogens is 198 g/mol. The van der Waals surface area contributed by atoms with Gasteiger partial charge in [0.1, 0.15) is 0 Å². The molecule has 2 nitrogen and oxygen atoms in total. The maximum absolute atomic E-state index is 10.9. The molecule has 84 valence electrons. The molecule has 0 heterocycles. The maximum Gasteiger partial charge on any atom is 0.221 e. The van der Waals surface area contributed by atoms with Crippen molar-refractivity contribution in [2.45, 2.75) is 20.8 Å². The number of nitrogens with one attached hydrogen (secondary N) is 1. The van der Waals surface area contributed by atoms with Crippen molar-refractivity contribution in [3.63, 3.8) is 0 Å². The molecule has 2 aromatic carbocycles. The molecule has 1 amide bonds. The Balaban J connectivity index is 0.000000606. The van der Waals surface area contributed by atoms with Gasteiger partial charge in [-0.05, 0) is 11.5 Å². The molecule has 0 saturated carbocycles. The van der Waals surface area contributed by atoms with E-state index in [9.17, 15) is 4.79 Å². The summed E-state index contributed by atoms with van der Waals surface area (Å²) in [6, 6.07) is 13.9. The zero-order chi connectivity index (χ0) is 12.0. The highest BCUT2D eigenvalue weighted by molar-refractivity contribution is 6.01. The van der Waals surface area contributed by atoms with E-state index in [0.717, 1.165) is 16.5 Å². The van der Waals surface area contributed by atoms with Crippen LogP contribution < -0.4 is 5.32 Å². The highest BCUT2D eigenvalue weighted by atomic mass is 16.1. The molecule has 0 fully saturated rings. The fraction of sp³-hybridized carbons (Fsp3) is 0.214. The van der Waals surface area contributed by atoms with E-state index in [1.807, 2.05) is 56.3 Å². The van der Waals surface area contributed by atoms with Gasteiger partial charge >= 0.3 is 0 Å². The average Bonchev–Trinajstić information content (AvgIpc) is 2.31. The van der Waals surface area contributed by atoms with Crippen LogP contribution in [0.4, 0.5) is 5.69 Å². The lowest BCUT2D eigenvalue weighted by Gasteiger charge is -2.05. The molecule has 2 heteroatoms. The molecule has 0 atom stereocenters. The van der Waals surface area contributed by atoms with Crippen molar-refractivity contribution in [3.8, 4) is 0 Å². The second-order valence-corrected chi connectivity index (χ2v) is 3.21. The number of anilines is 1. The summed E-state index contributed by atoms with van der Waals surface area (Å²) in [6.07, 6.45) is 0. The summed E-state index contributed by atoms with van der Waals surface area (Å²) in [6.45, 7) is 5.52. The maximum atomic E-state index is 10.9. The average molecular weight is 215 g/mol. The smallest absolute Gasteiger partial charge is 0.221 e. The summed E-state index contributed by atoms with van der Waals surface area (Å²) in [4.78, 5) is 10.9. The second kappa shape index (κ2) is 5.91. The summed E-state index contributed by atoms with van der Waals surface area (Å²) in [5.41, 5.74) is 0.871. The largest absolute Gasteiger partial charge is 0.326 e. The van der Waals surface area contributed by atoms with Crippen molar-refractivity contribution < 1.29 is 4.79 Å². The monoisotopic (exact) mass is 215 g/mol. The van der Waals surface area contributed by atoms with Crippen LogP contribution in [0.5, 0.6) is 0 Å². The third kappa shape index (κ3) is 2.83. The van der Waals surface area contributed by atoms with Gasteiger partial charge in [-0.1, -0.05) is 50.2 Å². The minimum atomic E-state index is -0.0404. The Morgan fingerprint density at radius 3 is 2.31 bits per heavy atom. The van der Waals surface area contributed by atoms with Gasteiger partial charge in [0.2, 0.25) is 5.91 Å². The molecule has 16 heavy (non-hydrogen) atoms. The van der Waals surface area contributed by atoms with E-state index < -0.39 is 0 Å². The normalized spacial score (nSPS) is 9.19. The third-order valence-electron chi connectivity index (χ3n) is 2.10. The van der Waals surface area contributed by atoms with Crippen LogP contribution in [0.25, 0.3) is 10.8 Å². The van der Waals surface area contributed by atoms with Crippen LogP contribution in [0.15, 0.2) is 42.5 Å². The number of rotatable bonds is 1. The van der Waals surface area contributed by atoms with Gasteiger partial charge in [-0.25, -0.2) is 0 Å². The third-order valence-corrected chi connectivity index (χ3v) is 2.10. The van der Waals surface area contributed by atoms with Gasteiger partial charge in [0.25, 0.3) is 0 Å². The highest BCUT2D eigenvalue weighted by Gasteiger charge is 2.00. The van der Waals surface area contributed by atoms with E-state index in [4.69, 9.17) is 0 Å². The first kappa shape index (κ1) is 12.2. The van der Waals surface area contributed by atoms with E-state index in [2.05, 4.69) is 5.32 Å². The van der Waals surface area contributed by atoms with Crippen molar-refractivity contribution in [2.75, 3.05) is 5.32 Å². The summed E-state index contributed by atoms with van der Waals surface area (Å²) in [5.74, 6) is -0.0404. The topological polar surface area (TPSA) is 29.1 Å². The molecule has 0 aliphatic heterocycles. The van der Waals surface area contributed by atoms with Gasteiger partial charge in [-0.3, -0.25) is 4.79 Å². The minimum Gasteiger partial charge on any atom is -0.326 e. The predicted octanol–water partition coefficient (Wildman–Crippen LogP) is 3.82. The number of carbonyl (C=O) groups is 1. The zero-order valence-corrected chi connectivity index (χ0v) is 9.95. The fourth-order valence-corrected chi connectivity index (χ4v) is 1.52. The summed E-state index contributed by atoms with van der Waals surface area (Å²) in [7, 11) is 0. The molecular formula is C14H17NO. The van der Waals surface area contributed by atoms with Gasteiger partial charge < -0.3 is 5.32 Å². The lowest BCUT2D eigenvalue weighted by Crippen LogP contribution is -2.05. The van der Waals surface area contributed by atoms with Gasteiger partial charge in [0.15, 0.2) is 0 Å². The Morgan fingerprint density at radius 1 is 1.00 bits per heavy atom. The van der Waals surface area contributed by atoms with Crippen LogP contribution in [0.3, 0.4) is 0 Å². The van der Waals surface area contributed by atoms with E-state index in [1.54, 1.807) is 0 Å². The quantitative estimate of drug-likeness (QED) is 0.769. The van der Waals surface area contributed by atoms with Crippen molar-refractivity contribution in [1.82, 2.24) is 0 Å². The summed E-state index contributed by atoms with van der Waals surface area (Å²) >= 11 is 0. The van der Waals surface area contributed by atoms with Crippen molar-refractivity contribution in [2.24, 2.45) is 0 Å². The molecule has 1 N–H and O–H groups in total. The molecule has 0 aliphatic carbocycles. The summed E-state index contributed by atoms with van der Waals surface area (Å²) in [5, 5.41) is 5.02. The Morgan fingerprint density at radius 2 is 1.62 bits per heavy atom. The molecule has 0 bridgehead atoms. The number of amides is 1. The number of benzene rings is 2. The Labute approximate surface area is 96.3 Å². The first-order valence-corrected chi connectivity index (χ1v) is 5.53. The van der Waals surface area contributed by atoms with Crippen molar-refractivity contribution in [1.29, 1.82) is 0 Å². The molecule has 2 rings (SSSR count). The Kier molecular flexibility index (Phi) is 4.52. The van der Waals surface area contributed by atoms with Crippen LogP contribution in [-0.2, 0) is 4.79 Å². The molecule has 0 radical (unpaired) electrons. The van der Waals surface area contributed by atoms with Crippen molar-refractivity contribution >= 4 is 22.4 Å². The van der Waals surface area contributed by atoms with E-state index in [1.165, 1.54) is 6.92 Å². The molecule has 0 aliphatic rings. The van der Waals surface area contributed by atoms with Gasteiger partial charge in [0, 0.05) is 18.0 Å². The van der Waals surface area contributed by atoms with Crippen molar-refractivity contribution in [3.05, 3.63) is 42.5 Å².